The van der Waals surface area contributed by atoms with Crippen LogP contribution in [0.15, 0.2) is 72.9 Å². The smallest absolute Gasteiger partial charge is 0.226 e. The Labute approximate surface area is 229 Å². The zero-order valence-corrected chi connectivity index (χ0v) is 23.8. The van der Waals surface area contributed by atoms with Crippen molar-refractivity contribution in [1.29, 1.82) is 0 Å². The molecule has 0 aliphatic heterocycles. The van der Waals surface area contributed by atoms with Gasteiger partial charge in [-0.15, -0.1) is 11.3 Å². The van der Waals surface area contributed by atoms with Gasteiger partial charge >= 0.3 is 0 Å². The van der Waals surface area contributed by atoms with Crippen molar-refractivity contribution in [3.63, 3.8) is 0 Å². The molecule has 2 N–H and O–H groups in total. The fraction of sp³-hybridized carbons (Fsp3) is 0.500. The normalized spacial score (nSPS) is 16.4. The standard InChI is InChI=1S/C32H47N3OS/c1-3-5-6-7-8-9-10-11-12-13-14-15-16-17-18-19-20-21-22-23-31(36)35-32-34-29-25-24-28(33-26-4-2)27-30(29)37-32/h5-6,8-9,11-12,14-15,17-18,20-21,28,33H,3-4,7,10,13,16,19,22-27H2,1-2H3,(H,34,35,36)/b6-5-,9-8-,12-11-,15-14-,18-17-,21-20-/t28-/m1/s1. The van der Waals surface area contributed by atoms with E-state index in [1.54, 1.807) is 11.3 Å². The number of fused-ring (bicyclic) bond motifs is 1. The summed E-state index contributed by atoms with van der Waals surface area (Å²) in [5.74, 6) is 0.0475. The number of anilines is 1. The number of thiazole rings is 1. The van der Waals surface area contributed by atoms with Gasteiger partial charge in [-0.2, -0.15) is 0 Å². The third-order valence-electron chi connectivity index (χ3n) is 6.00. The lowest BCUT2D eigenvalue weighted by Crippen LogP contribution is -2.34. The second kappa shape index (κ2) is 20.5. The number of hydrogen-bond acceptors (Lipinski definition) is 4. The molecule has 1 aliphatic rings. The average Bonchev–Trinajstić information content (AvgIpc) is 3.30. The molecule has 1 amide bonds. The van der Waals surface area contributed by atoms with Crippen LogP contribution in [0.2, 0.25) is 0 Å². The van der Waals surface area contributed by atoms with Crippen LogP contribution in [0.3, 0.4) is 0 Å². The minimum atomic E-state index is 0.0475. The van der Waals surface area contributed by atoms with Gasteiger partial charge in [0, 0.05) is 17.3 Å². The van der Waals surface area contributed by atoms with Gasteiger partial charge in [-0.1, -0.05) is 86.8 Å². The Hall–Kier alpha value is -2.50. The largest absolute Gasteiger partial charge is 0.314 e. The van der Waals surface area contributed by atoms with Crippen molar-refractivity contribution >= 4 is 22.4 Å². The minimum Gasteiger partial charge on any atom is -0.314 e. The molecule has 202 valence electrons. The second-order valence-electron chi connectivity index (χ2n) is 9.28. The fourth-order valence-electron chi connectivity index (χ4n) is 3.99. The Morgan fingerprint density at radius 2 is 1.43 bits per heavy atom. The molecule has 37 heavy (non-hydrogen) atoms. The highest BCUT2D eigenvalue weighted by Gasteiger charge is 2.22. The summed E-state index contributed by atoms with van der Waals surface area (Å²) in [5.41, 5.74) is 1.17. The van der Waals surface area contributed by atoms with E-state index in [1.165, 1.54) is 10.6 Å². The summed E-state index contributed by atoms with van der Waals surface area (Å²) in [6.45, 7) is 5.42. The van der Waals surface area contributed by atoms with Crippen molar-refractivity contribution in [3.05, 3.63) is 83.5 Å². The first kappa shape index (κ1) is 30.7. The number of amides is 1. The molecule has 5 heteroatoms. The molecule has 1 aromatic heterocycles. The van der Waals surface area contributed by atoms with Crippen LogP contribution in [-0.2, 0) is 17.6 Å². The van der Waals surface area contributed by atoms with Crippen molar-refractivity contribution in [2.75, 3.05) is 11.9 Å². The quantitative estimate of drug-likeness (QED) is 0.191. The Morgan fingerprint density at radius 1 is 0.865 bits per heavy atom. The molecule has 0 unspecified atom stereocenters. The van der Waals surface area contributed by atoms with Gasteiger partial charge in [-0.3, -0.25) is 4.79 Å². The molecule has 1 heterocycles. The molecular weight excluding hydrogens is 474 g/mol. The van der Waals surface area contributed by atoms with Gasteiger partial charge in [0.25, 0.3) is 0 Å². The highest BCUT2D eigenvalue weighted by Crippen LogP contribution is 2.30. The molecule has 0 spiro atoms. The van der Waals surface area contributed by atoms with Gasteiger partial charge in [0.05, 0.1) is 5.69 Å². The van der Waals surface area contributed by atoms with Crippen LogP contribution >= 0.6 is 11.3 Å². The number of aryl methyl sites for hydroxylation is 1. The zero-order chi connectivity index (χ0) is 26.4. The summed E-state index contributed by atoms with van der Waals surface area (Å²) >= 11 is 1.64. The highest BCUT2D eigenvalue weighted by molar-refractivity contribution is 7.15. The van der Waals surface area contributed by atoms with Gasteiger partial charge in [0.2, 0.25) is 5.91 Å². The molecule has 0 radical (unpaired) electrons. The molecule has 1 atom stereocenters. The maximum absolute atomic E-state index is 12.3. The molecule has 0 saturated carbocycles. The van der Waals surface area contributed by atoms with Crippen LogP contribution in [0.1, 0.15) is 88.6 Å². The zero-order valence-electron chi connectivity index (χ0n) is 23.0. The van der Waals surface area contributed by atoms with Crippen LogP contribution in [0.25, 0.3) is 0 Å². The number of allylic oxidation sites excluding steroid dienone is 12. The summed E-state index contributed by atoms with van der Waals surface area (Å²) < 4.78 is 0. The van der Waals surface area contributed by atoms with Gasteiger partial charge < -0.3 is 10.6 Å². The number of rotatable bonds is 18. The molecule has 4 nitrogen and oxygen atoms in total. The van der Waals surface area contributed by atoms with Gasteiger partial charge in [0.15, 0.2) is 5.13 Å². The lowest BCUT2D eigenvalue weighted by atomic mass is 9.98. The van der Waals surface area contributed by atoms with E-state index in [9.17, 15) is 4.79 Å². The maximum Gasteiger partial charge on any atom is 0.226 e. The van der Waals surface area contributed by atoms with Crippen molar-refractivity contribution in [2.24, 2.45) is 0 Å². The highest BCUT2D eigenvalue weighted by atomic mass is 32.1. The van der Waals surface area contributed by atoms with E-state index in [0.717, 1.165) is 82.3 Å². The Balaban J connectivity index is 1.50. The predicted molar refractivity (Wildman–Crippen MR) is 162 cm³/mol. The monoisotopic (exact) mass is 521 g/mol. The van der Waals surface area contributed by atoms with E-state index >= 15 is 0 Å². The first-order valence-corrected chi connectivity index (χ1v) is 15.0. The number of aromatic nitrogens is 1. The Kier molecular flexibility index (Phi) is 17.1. The SMILES string of the molecule is CC/C=C\C/C=C\C/C=C\C/C=C\C/C=C\C/C=C\CCC(=O)Nc1nc2c(s1)C[C@H](NCCC)CC2. The summed E-state index contributed by atoms with van der Waals surface area (Å²) in [7, 11) is 0. The van der Waals surface area contributed by atoms with Crippen LogP contribution in [0.4, 0.5) is 5.13 Å². The second-order valence-corrected chi connectivity index (χ2v) is 10.4. The molecule has 1 aliphatic carbocycles. The van der Waals surface area contributed by atoms with Crippen LogP contribution in [-0.4, -0.2) is 23.5 Å². The third-order valence-corrected chi connectivity index (χ3v) is 7.04. The van der Waals surface area contributed by atoms with Crippen molar-refractivity contribution in [3.8, 4) is 0 Å². The van der Waals surface area contributed by atoms with E-state index in [0.29, 0.717) is 12.5 Å². The number of hydrogen-bond donors (Lipinski definition) is 2. The summed E-state index contributed by atoms with van der Waals surface area (Å²) in [6, 6.07) is 0.546. The summed E-state index contributed by atoms with van der Waals surface area (Å²) in [5, 5.41) is 7.37. The van der Waals surface area contributed by atoms with E-state index in [2.05, 4.69) is 102 Å². The maximum atomic E-state index is 12.3. The average molecular weight is 522 g/mol. The van der Waals surface area contributed by atoms with Crippen molar-refractivity contribution in [2.45, 2.75) is 96.9 Å². The number of nitrogens with zero attached hydrogens (tertiary/aromatic N) is 1. The van der Waals surface area contributed by atoms with Gasteiger partial charge in [-0.25, -0.2) is 4.98 Å². The third kappa shape index (κ3) is 14.7. The van der Waals surface area contributed by atoms with E-state index in [4.69, 9.17) is 0 Å². The fourth-order valence-corrected chi connectivity index (χ4v) is 5.09. The molecule has 0 aromatic carbocycles. The molecule has 0 bridgehead atoms. The predicted octanol–water partition coefficient (Wildman–Crippen LogP) is 8.42. The molecule has 2 rings (SSSR count). The number of carbonyl (C=O) groups excluding carboxylic acids is 1. The lowest BCUT2D eigenvalue weighted by Gasteiger charge is -2.21. The first-order chi connectivity index (χ1) is 18.2. The molecule has 1 aromatic rings. The first-order valence-electron chi connectivity index (χ1n) is 14.1. The molecule has 0 saturated heterocycles. The van der Waals surface area contributed by atoms with Crippen LogP contribution in [0.5, 0.6) is 0 Å². The van der Waals surface area contributed by atoms with E-state index < -0.39 is 0 Å². The number of nitrogens with one attached hydrogen (secondary N) is 2. The summed E-state index contributed by atoms with van der Waals surface area (Å²) in [6.07, 6.45) is 37.9. The van der Waals surface area contributed by atoms with Crippen LogP contribution < -0.4 is 10.6 Å². The van der Waals surface area contributed by atoms with Gasteiger partial charge in [0.1, 0.15) is 0 Å². The van der Waals surface area contributed by atoms with Crippen molar-refractivity contribution < 1.29 is 4.79 Å². The molecule has 0 fully saturated rings. The molecular formula is C32H47N3OS. The van der Waals surface area contributed by atoms with Crippen LogP contribution in [0, 0.1) is 0 Å². The van der Waals surface area contributed by atoms with Gasteiger partial charge in [-0.05, 0) is 77.2 Å². The topological polar surface area (TPSA) is 54.0 Å². The van der Waals surface area contributed by atoms with Crippen molar-refractivity contribution in [1.82, 2.24) is 10.3 Å². The van der Waals surface area contributed by atoms with E-state index in [-0.39, 0.29) is 5.91 Å². The Bertz CT molecular complexity index is 936. The lowest BCUT2D eigenvalue weighted by molar-refractivity contribution is -0.116. The Morgan fingerprint density at radius 3 is 2.00 bits per heavy atom. The van der Waals surface area contributed by atoms with E-state index in [1.807, 2.05) is 0 Å². The minimum absolute atomic E-state index is 0.0475. The number of carbonyl (C=O) groups is 1. The summed E-state index contributed by atoms with van der Waals surface area (Å²) in [4.78, 5) is 18.3.